The highest BCUT2D eigenvalue weighted by molar-refractivity contribution is 5.76. The lowest BCUT2D eigenvalue weighted by Crippen LogP contribution is -2.47. The van der Waals surface area contributed by atoms with Crippen LogP contribution in [0.1, 0.15) is 41.0 Å². The van der Waals surface area contributed by atoms with E-state index in [0.29, 0.717) is 18.9 Å². The van der Waals surface area contributed by atoms with E-state index in [4.69, 9.17) is 5.11 Å². The maximum absolute atomic E-state index is 12.0. The summed E-state index contributed by atoms with van der Waals surface area (Å²) in [7, 11) is 0. The van der Waals surface area contributed by atoms with Crippen LogP contribution in [0.3, 0.4) is 0 Å². The second-order valence-corrected chi connectivity index (χ2v) is 5.27. The molecule has 106 valence electrons. The van der Waals surface area contributed by atoms with Crippen LogP contribution >= 0.6 is 0 Å². The number of hydrogen-bond donors (Lipinski definition) is 2. The number of carboxylic acids is 1. The summed E-state index contributed by atoms with van der Waals surface area (Å²) in [5, 5.41) is 11.6. The number of amides is 2. The SMILES string of the molecule is CCC(CNC(=O)N(CC(C)C)C(C)C)C(=O)O. The van der Waals surface area contributed by atoms with E-state index in [-0.39, 0.29) is 18.6 Å². The van der Waals surface area contributed by atoms with Crippen molar-refractivity contribution < 1.29 is 14.7 Å². The molecular weight excluding hydrogens is 232 g/mol. The number of rotatable bonds is 7. The third-order valence-electron chi connectivity index (χ3n) is 2.79. The Morgan fingerprint density at radius 3 is 2.11 bits per heavy atom. The van der Waals surface area contributed by atoms with Crippen molar-refractivity contribution in [3.05, 3.63) is 0 Å². The summed E-state index contributed by atoms with van der Waals surface area (Å²) in [5.74, 6) is -0.987. The molecule has 0 saturated carbocycles. The minimum atomic E-state index is -0.863. The number of aliphatic carboxylic acids is 1. The van der Waals surface area contributed by atoms with E-state index in [2.05, 4.69) is 19.2 Å². The molecule has 18 heavy (non-hydrogen) atoms. The molecule has 0 aliphatic heterocycles. The molecule has 0 aliphatic rings. The van der Waals surface area contributed by atoms with Crippen molar-refractivity contribution in [2.75, 3.05) is 13.1 Å². The highest BCUT2D eigenvalue weighted by atomic mass is 16.4. The fourth-order valence-electron chi connectivity index (χ4n) is 1.64. The Labute approximate surface area is 110 Å². The molecule has 5 heteroatoms. The Kier molecular flexibility index (Phi) is 7.39. The molecule has 5 nitrogen and oxygen atoms in total. The Morgan fingerprint density at radius 2 is 1.78 bits per heavy atom. The molecule has 1 atom stereocenters. The number of nitrogens with one attached hydrogen (secondary N) is 1. The summed E-state index contributed by atoms with van der Waals surface area (Å²) in [6.07, 6.45) is 0.515. The van der Waals surface area contributed by atoms with Crippen molar-refractivity contribution >= 4 is 12.0 Å². The average molecular weight is 258 g/mol. The van der Waals surface area contributed by atoms with Gasteiger partial charge in [-0.25, -0.2) is 4.79 Å². The molecule has 0 aromatic carbocycles. The lowest BCUT2D eigenvalue weighted by atomic mass is 10.1. The van der Waals surface area contributed by atoms with Crippen LogP contribution < -0.4 is 5.32 Å². The fraction of sp³-hybridized carbons (Fsp3) is 0.846. The van der Waals surface area contributed by atoms with E-state index in [1.807, 2.05) is 13.8 Å². The van der Waals surface area contributed by atoms with E-state index in [1.165, 1.54) is 0 Å². The maximum Gasteiger partial charge on any atom is 0.317 e. The molecule has 2 amide bonds. The third-order valence-corrected chi connectivity index (χ3v) is 2.79. The van der Waals surface area contributed by atoms with E-state index in [1.54, 1.807) is 11.8 Å². The van der Waals surface area contributed by atoms with Gasteiger partial charge in [-0.15, -0.1) is 0 Å². The number of nitrogens with zero attached hydrogens (tertiary/aromatic N) is 1. The topological polar surface area (TPSA) is 69.6 Å². The lowest BCUT2D eigenvalue weighted by molar-refractivity contribution is -0.141. The lowest BCUT2D eigenvalue weighted by Gasteiger charge is -2.29. The highest BCUT2D eigenvalue weighted by Crippen LogP contribution is 2.06. The van der Waals surface area contributed by atoms with Crippen molar-refractivity contribution in [2.45, 2.75) is 47.1 Å². The smallest absolute Gasteiger partial charge is 0.317 e. The van der Waals surface area contributed by atoms with Gasteiger partial charge in [0.25, 0.3) is 0 Å². The predicted octanol–water partition coefficient (Wildman–Crippen LogP) is 2.17. The number of carbonyl (C=O) groups excluding carboxylic acids is 1. The fourth-order valence-corrected chi connectivity index (χ4v) is 1.64. The van der Waals surface area contributed by atoms with Crippen molar-refractivity contribution in [2.24, 2.45) is 11.8 Å². The third kappa shape index (κ3) is 5.89. The Balaban J connectivity index is 4.38. The van der Waals surface area contributed by atoms with Gasteiger partial charge in [0, 0.05) is 19.1 Å². The van der Waals surface area contributed by atoms with Gasteiger partial charge < -0.3 is 15.3 Å². The van der Waals surface area contributed by atoms with Crippen LogP contribution in [0.5, 0.6) is 0 Å². The molecule has 0 fully saturated rings. The average Bonchev–Trinajstić information content (AvgIpc) is 2.25. The van der Waals surface area contributed by atoms with Crippen LogP contribution in [0, 0.1) is 11.8 Å². The van der Waals surface area contributed by atoms with Gasteiger partial charge >= 0.3 is 12.0 Å². The van der Waals surface area contributed by atoms with E-state index < -0.39 is 11.9 Å². The standard InChI is InChI=1S/C13H26N2O3/c1-6-11(12(16)17)7-14-13(18)15(10(4)5)8-9(2)3/h9-11H,6-8H2,1-5H3,(H,14,18)(H,16,17). The second-order valence-electron chi connectivity index (χ2n) is 5.27. The van der Waals surface area contributed by atoms with Crippen LogP contribution in [-0.2, 0) is 4.79 Å². The molecule has 0 aliphatic carbocycles. The molecule has 0 rings (SSSR count). The number of carboxylic acid groups (broad SMARTS) is 1. The second kappa shape index (κ2) is 7.95. The molecular formula is C13H26N2O3. The Morgan fingerprint density at radius 1 is 1.22 bits per heavy atom. The molecule has 0 aromatic heterocycles. The van der Waals surface area contributed by atoms with Crippen LogP contribution in [0.25, 0.3) is 0 Å². The summed E-state index contributed by atoms with van der Waals surface area (Å²) >= 11 is 0. The Bertz CT molecular complexity index is 277. The molecule has 0 bridgehead atoms. The van der Waals surface area contributed by atoms with Crippen LogP contribution in [0.2, 0.25) is 0 Å². The van der Waals surface area contributed by atoms with Gasteiger partial charge in [0.1, 0.15) is 0 Å². The molecule has 0 saturated heterocycles. The first-order chi connectivity index (χ1) is 8.29. The molecule has 0 aromatic rings. The molecule has 0 radical (unpaired) electrons. The number of hydrogen-bond acceptors (Lipinski definition) is 2. The quantitative estimate of drug-likeness (QED) is 0.735. The summed E-state index contributed by atoms with van der Waals surface area (Å²) in [6.45, 7) is 10.7. The van der Waals surface area contributed by atoms with Gasteiger partial charge in [-0.1, -0.05) is 20.8 Å². The maximum atomic E-state index is 12.0. The predicted molar refractivity (Wildman–Crippen MR) is 71.5 cm³/mol. The van der Waals surface area contributed by atoms with E-state index in [9.17, 15) is 9.59 Å². The zero-order valence-corrected chi connectivity index (χ0v) is 12.1. The van der Waals surface area contributed by atoms with Gasteiger partial charge in [-0.3, -0.25) is 4.79 Å². The first kappa shape index (κ1) is 16.7. The zero-order valence-electron chi connectivity index (χ0n) is 12.1. The molecule has 1 unspecified atom stereocenters. The van der Waals surface area contributed by atoms with Crippen LogP contribution in [0.15, 0.2) is 0 Å². The molecule has 2 N–H and O–H groups in total. The molecule has 0 spiro atoms. The zero-order chi connectivity index (χ0) is 14.3. The summed E-state index contributed by atoms with van der Waals surface area (Å²) in [5.41, 5.74) is 0. The van der Waals surface area contributed by atoms with Gasteiger partial charge in [-0.05, 0) is 26.2 Å². The number of carbonyl (C=O) groups is 2. The largest absolute Gasteiger partial charge is 0.481 e. The van der Waals surface area contributed by atoms with Gasteiger partial charge in [-0.2, -0.15) is 0 Å². The minimum Gasteiger partial charge on any atom is -0.481 e. The van der Waals surface area contributed by atoms with E-state index >= 15 is 0 Å². The number of urea groups is 1. The van der Waals surface area contributed by atoms with Crippen molar-refractivity contribution in [3.8, 4) is 0 Å². The highest BCUT2D eigenvalue weighted by Gasteiger charge is 2.21. The van der Waals surface area contributed by atoms with Crippen molar-refractivity contribution in [3.63, 3.8) is 0 Å². The summed E-state index contributed by atoms with van der Waals surface area (Å²) in [6, 6.07) is -0.0734. The monoisotopic (exact) mass is 258 g/mol. The summed E-state index contributed by atoms with van der Waals surface area (Å²) < 4.78 is 0. The minimum absolute atomic E-state index is 0.109. The van der Waals surface area contributed by atoms with Gasteiger partial charge in [0.05, 0.1) is 5.92 Å². The first-order valence-corrected chi connectivity index (χ1v) is 6.56. The van der Waals surface area contributed by atoms with Gasteiger partial charge in [0.15, 0.2) is 0 Å². The normalized spacial score (nSPS) is 12.6. The molecule has 0 heterocycles. The van der Waals surface area contributed by atoms with Crippen LogP contribution in [-0.4, -0.2) is 41.1 Å². The van der Waals surface area contributed by atoms with Crippen molar-refractivity contribution in [1.29, 1.82) is 0 Å². The van der Waals surface area contributed by atoms with Gasteiger partial charge in [0.2, 0.25) is 0 Å². The Hall–Kier alpha value is -1.26. The summed E-state index contributed by atoms with van der Waals surface area (Å²) in [4.78, 5) is 24.6. The van der Waals surface area contributed by atoms with Crippen molar-refractivity contribution in [1.82, 2.24) is 10.2 Å². The van der Waals surface area contributed by atoms with Crippen LogP contribution in [0.4, 0.5) is 4.79 Å². The van der Waals surface area contributed by atoms with E-state index in [0.717, 1.165) is 0 Å². The first-order valence-electron chi connectivity index (χ1n) is 6.56.